The van der Waals surface area contributed by atoms with Gasteiger partial charge < -0.3 is 20.6 Å². The zero-order valence-corrected chi connectivity index (χ0v) is 6.07. The Bertz CT molecular complexity index is 110. The third-order valence-corrected chi connectivity index (χ3v) is 0.545. The van der Waals surface area contributed by atoms with Gasteiger partial charge in [-0.3, -0.25) is 0 Å². The molecule has 0 aliphatic rings. The molecule has 0 spiro atoms. The van der Waals surface area contributed by atoms with Crippen molar-refractivity contribution in [1.29, 1.82) is 0 Å². The van der Waals surface area contributed by atoms with E-state index in [0.717, 1.165) is 0 Å². The minimum Gasteiger partial charge on any atom is -0.473 e. The number of nitrogens with one attached hydrogen (secondary N) is 1. The number of aliphatic carboxylic acids is 2. The van der Waals surface area contributed by atoms with Crippen LogP contribution >= 0.6 is 0 Å². The molecule has 0 bridgehead atoms. The van der Waals surface area contributed by atoms with Crippen molar-refractivity contribution in [1.82, 2.24) is 5.32 Å². The molecule has 0 aromatic rings. The number of likely N-dealkylation sites (N-methyl/N-ethyl adjacent to an activating group) is 1. The summed E-state index contributed by atoms with van der Waals surface area (Å²) in [5.41, 5.74) is 0. The first-order valence-corrected chi connectivity index (χ1v) is 2.78. The topological polar surface area (TPSA) is 107 Å². The van der Waals surface area contributed by atoms with Crippen LogP contribution in [0.15, 0.2) is 0 Å². The Kier molecular flexibility index (Phi) is 10.1. The summed E-state index contributed by atoms with van der Waals surface area (Å²) in [7, 11) is 1.80. The van der Waals surface area contributed by atoms with E-state index in [2.05, 4.69) is 5.32 Å². The van der Waals surface area contributed by atoms with Crippen LogP contribution < -0.4 is 5.32 Å². The maximum atomic E-state index is 9.10. The smallest absolute Gasteiger partial charge is 0.414 e. The molecular weight excluding hydrogens is 154 g/mol. The molecule has 0 aromatic carbocycles. The van der Waals surface area contributed by atoms with Crippen molar-refractivity contribution >= 4 is 11.9 Å². The molecule has 0 rings (SSSR count). The number of carbonyl (C=O) groups is 2. The van der Waals surface area contributed by atoms with Gasteiger partial charge in [0.2, 0.25) is 0 Å². The van der Waals surface area contributed by atoms with Crippen LogP contribution in [0.3, 0.4) is 0 Å². The maximum Gasteiger partial charge on any atom is 0.414 e. The van der Waals surface area contributed by atoms with Gasteiger partial charge in [-0.1, -0.05) is 0 Å². The second kappa shape index (κ2) is 8.86. The Labute approximate surface area is 63.5 Å². The number of rotatable bonds is 2. The van der Waals surface area contributed by atoms with Crippen LogP contribution in [0, 0.1) is 0 Å². The molecule has 6 nitrogen and oxygen atoms in total. The molecule has 0 aromatic heterocycles. The SMILES string of the molecule is CNCCO.O=C(O)C(=O)O. The molecule has 0 amide bonds. The minimum absolute atomic E-state index is 0.233. The van der Waals surface area contributed by atoms with Crippen molar-refractivity contribution in [2.45, 2.75) is 0 Å². The molecule has 66 valence electrons. The van der Waals surface area contributed by atoms with Crippen LogP contribution in [0.2, 0.25) is 0 Å². The van der Waals surface area contributed by atoms with E-state index in [1.807, 2.05) is 0 Å². The van der Waals surface area contributed by atoms with Crippen molar-refractivity contribution in [3.05, 3.63) is 0 Å². The molecule has 0 saturated carbocycles. The first kappa shape index (κ1) is 12.5. The fourth-order valence-electron chi connectivity index (χ4n) is 0.112. The van der Waals surface area contributed by atoms with E-state index in [0.29, 0.717) is 6.54 Å². The van der Waals surface area contributed by atoms with Crippen LogP contribution in [0.1, 0.15) is 0 Å². The molecule has 0 aliphatic heterocycles. The van der Waals surface area contributed by atoms with Gasteiger partial charge in [-0.2, -0.15) is 0 Å². The Balaban J connectivity index is 0. The maximum absolute atomic E-state index is 9.10. The number of hydrogen-bond acceptors (Lipinski definition) is 4. The number of carboxylic acid groups (broad SMARTS) is 2. The van der Waals surface area contributed by atoms with Crippen LogP contribution in [-0.2, 0) is 9.59 Å². The predicted molar refractivity (Wildman–Crippen MR) is 36.3 cm³/mol. The largest absolute Gasteiger partial charge is 0.473 e. The highest BCUT2D eigenvalue weighted by molar-refractivity contribution is 6.27. The molecule has 0 heterocycles. The van der Waals surface area contributed by atoms with Crippen molar-refractivity contribution in [3.63, 3.8) is 0 Å². The molecule has 11 heavy (non-hydrogen) atoms. The van der Waals surface area contributed by atoms with Crippen molar-refractivity contribution < 1.29 is 24.9 Å². The molecular formula is C5H11NO5. The lowest BCUT2D eigenvalue weighted by atomic mass is 10.7. The van der Waals surface area contributed by atoms with Crippen LogP contribution in [0.4, 0.5) is 0 Å². The zero-order valence-electron chi connectivity index (χ0n) is 6.07. The summed E-state index contributed by atoms with van der Waals surface area (Å²) >= 11 is 0. The summed E-state index contributed by atoms with van der Waals surface area (Å²) in [6.45, 7) is 0.927. The molecule has 4 N–H and O–H groups in total. The Morgan fingerprint density at radius 2 is 1.64 bits per heavy atom. The second-order valence-corrected chi connectivity index (χ2v) is 1.44. The number of aliphatic hydroxyl groups is 1. The Morgan fingerprint density at radius 1 is 1.27 bits per heavy atom. The van der Waals surface area contributed by atoms with E-state index < -0.39 is 11.9 Å². The predicted octanol–water partition coefficient (Wildman–Crippen LogP) is -1.65. The average molecular weight is 165 g/mol. The van der Waals surface area contributed by atoms with Crippen molar-refractivity contribution in [2.75, 3.05) is 20.2 Å². The van der Waals surface area contributed by atoms with Crippen LogP contribution in [-0.4, -0.2) is 47.5 Å². The summed E-state index contributed by atoms with van der Waals surface area (Å²) in [6.07, 6.45) is 0. The fraction of sp³-hybridized carbons (Fsp3) is 0.600. The molecule has 0 aliphatic carbocycles. The second-order valence-electron chi connectivity index (χ2n) is 1.44. The Hall–Kier alpha value is -1.14. The van der Waals surface area contributed by atoms with Gasteiger partial charge in [-0.05, 0) is 7.05 Å². The summed E-state index contributed by atoms with van der Waals surface area (Å²) in [6, 6.07) is 0. The lowest BCUT2D eigenvalue weighted by Crippen LogP contribution is -2.10. The number of aliphatic hydroxyl groups excluding tert-OH is 1. The third-order valence-electron chi connectivity index (χ3n) is 0.545. The highest BCUT2D eigenvalue weighted by Gasteiger charge is 2.04. The summed E-state index contributed by atoms with van der Waals surface area (Å²) < 4.78 is 0. The van der Waals surface area contributed by atoms with Crippen LogP contribution in [0.5, 0.6) is 0 Å². The van der Waals surface area contributed by atoms with Gasteiger partial charge in [-0.25, -0.2) is 9.59 Å². The van der Waals surface area contributed by atoms with E-state index in [1.54, 1.807) is 7.05 Å². The average Bonchev–Trinajstić information content (AvgIpc) is 1.90. The molecule has 0 fully saturated rings. The van der Waals surface area contributed by atoms with Crippen molar-refractivity contribution in [3.8, 4) is 0 Å². The molecule has 0 saturated heterocycles. The first-order chi connectivity index (χ1) is 5.06. The molecule has 0 unspecified atom stereocenters. The summed E-state index contributed by atoms with van der Waals surface area (Å²) in [4.78, 5) is 18.2. The normalized spacial score (nSPS) is 7.82. The lowest BCUT2D eigenvalue weighted by molar-refractivity contribution is -0.159. The summed E-state index contributed by atoms with van der Waals surface area (Å²) in [5, 5.41) is 25.6. The molecule has 0 atom stereocenters. The monoisotopic (exact) mass is 165 g/mol. The van der Waals surface area contributed by atoms with Gasteiger partial charge in [0.15, 0.2) is 0 Å². The van der Waals surface area contributed by atoms with Gasteiger partial charge in [0, 0.05) is 6.54 Å². The van der Waals surface area contributed by atoms with E-state index in [9.17, 15) is 0 Å². The van der Waals surface area contributed by atoms with E-state index in [1.165, 1.54) is 0 Å². The lowest BCUT2D eigenvalue weighted by Gasteiger charge is -1.84. The Morgan fingerprint density at radius 3 is 1.64 bits per heavy atom. The van der Waals surface area contributed by atoms with E-state index in [-0.39, 0.29) is 6.61 Å². The molecule has 0 radical (unpaired) electrons. The minimum atomic E-state index is -1.82. The van der Waals surface area contributed by atoms with Gasteiger partial charge in [0.25, 0.3) is 0 Å². The van der Waals surface area contributed by atoms with E-state index >= 15 is 0 Å². The van der Waals surface area contributed by atoms with Gasteiger partial charge >= 0.3 is 11.9 Å². The third kappa shape index (κ3) is 17.7. The zero-order chi connectivity index (χ0) is 9.28. The van der Waals surface area contributed by atoms with E-state index in [4.69, 9.17) is 24.9 Å². The van der Waals surface area contributed by atoms with Gasteiger partial charge in [-0.15, -0.1) is 0 Å². The van der Waals surface area contributed by atoms with Crippen molar-refractivity contribution in [2.24, 2.45) is 0 Å². The quantitative estimate of drug-likeness (QED) is 0.365. The standard InChI is InChI=1S/C3H9NO.C2H2O4/c1-4-2-3-5;3-1(4)2(5)6/h4-5H,2-3H2,1H3;(H,3,4)(H,5,6). The highest BCUT2D eigenvalue weighted by Crippen LogP contribution is 1.56. The highest BCUT2D eigenvalue weighted by atomic mass is 16.4. The van der Waals surface area contributed by atoms with Gasteiger partial charge in [0.1, 0.15) is 0 Å². The first-order valence-electron chi connectivity index (χ1n) is 2.78. The van der Waals surface area contributed by atoms with Gasteiger partial charge in [0.05, 0.1) is 6.61 Å². The van der Waals surface area contributed by atoms with Crippen LogP contribution in [0.25, 0.3) is 0 Å². The fourth-order valence-corrected chi connectivity index (χ4v) is 0.112. The number of hydrogen-bond donors (Lipinski definition) is 4. The molecule has 6 heteroatoms. The number of carboxylic acids is 2. The summed E-state index contributed by atoms with van der Waals surface area (Å²) in [5.74, 6) is -3.65.